The molecule has 0 aromatic heterocycles. The fourth-order valence-electron chi connectivity index (χ4n) is 3.58. The maximum atomic E-state index is 6.37. The molecule has 0 heterocycles. The van der Waals surface area contributed by atoms with E-state index in [-0.39, 0.29) is 22.4 Å². The average Bonchev–Trinajstić information content (AvgIpc) is 2.71. The molecule has 0 aliphatic heterocycles. The first-order valence-electron chi connectivity index (χ1n) is 9.16. The molecule has 3 rings (SSSR count). The minimum atomic E-state index is 0. The van der Waals surface area contributed by atoms with E-state index in [4.69, 9.17) is 5.73 Å². The van der Waals surface area contributed by atoms with Crippen molar-refractivity contribution < 1.29 is 0 Å². The predicted molar refractivity (Wildman–Crippen MR) is 117 cm³/mol. The zero-order chi connectivity index (χ0) is 17.4. The molecule has 0 atom stereocenters. The number of hydrogen-bond donors (Lipinski definition) is 1. The van der Waals surface area contributed by atoms with Gasteiger partial charge in [-0.2, -0.15) is 0 Å². The van der Waals surface area contributed by atoms with E-state index in [0.717, 1.165) is 25.7 Å². The lowest BCUT2D eigenvalue weighted by Crippen LogP contribution is -2.36. The molecule has 2 heteroatoms. The Morgan fingerprint density at radius 3 is 1.35 bits per heavy atom. The smallest absolute Gasteiger partial charge is 0.00818 e. The summed E-state index contributed by atoms with van der Waals surface area (Å²) in [6.07, 6.45) is 4.26. The van der Waals surface area contributed by atoms with Crippen LogP contribution in [0.3, 0.4) is 0 Å². The summed E-state index contributed by atoms with van der Waals surface area (Å²) in [4.78, 5) is 0. The second-order valence-electron chi connectivity index (χ2n) is 6.82. The van der Waals surface area contributed by atoms with Crippen LogP contribution in [0, 0.1) is 0 Å². The number of hydrogen-bond acceptors (Lipinski definition) is 1. The van der Waals surface area contributed by atoms with E-state index in [1.807, 2.05) is 0 Å². The largest absolute Gasteiger partial charge is 0.330 e. The van der Waals surface area contributed by atoms with E-state index in [1.165, 1.54) is 16.7 Å². The molecular formula is C24H28BrN. The van der Waals surface area contributed by atoms with Gasteiger partial charge in [-0.05, 0) is 42.4 Å². The fraction of sp³-hybridized carbons (Fsp3) is 0.250. The number of aryl methyl sites for hydroxylation is 2. The Labute approximate surface area is 168 Å². The lowest BCUT2D eigenvalue weighted by Gasteiger charge is -2.34. The number of nitrogens with two attached hydrogens (primary N) is 1. The third-order valence-electron chi connectivity index (χ3n) is 5.25. The van der Waals surface area contributed by atoms with Gasteiger partial charge in [0.2, 0.25) is 0 Å². The number of halogens is 1. The van der Waals surface area contributed by atoms with Gasteiger partial charge in [0.1, 0.15) is 0 Å². The van der Waals surface area contributed by atoms with E-state index in [0.29, 0.717) is 6.54 Å². The Bertz CT molecular complexity index is 697. The summed E-state index contributed by atoms with van der Waals surface area (Å²) in [5, 5.41) is 0. The summed E-state index contributed by atoms with van der Waals surface area (Å²) in [5.74, 6) is 0. The Balaban J connectivity index is 0.00000243. The van der Waals surface area contributed by atoms with Crippen LogP contribution in [0.1, 0.15) is 29.5 Å². The van der Waals surface area contributed by atoms with E-state index in [2.05, 4.69) is 91.0 Å². The molecule has 0 unspecified atom stereocenters. The zero-order valence-electron chi connectivity index (χ0n) is 15.2. The van der Waals surface area contributed by atoms with Crippen molar-refractivity contribution in [3.05, 3.63) is 108 Å². The highest BCUT2D eigenvalue weighted by molar-refractivity contribution is 8.93. The van der Waals surface area contributed by atoms with Gasteiger partial charge in [-0.15, -0.1) is 17.0 Å². The summed E-state index contributed by atoms with van der Waals surface area (Å²) >= 11 is 0. The normalized spacial score (nSPS) is 11.0. The minimum absolute atomic E-state index is 0. The van der Waals surface area contributed by atoms with Gasteiger partial charge < -0.3 is 5.73 Å². The van der Waals surface area contributed by atoms with Crippen LogP contribution >= 0.6 is 17.0 Å². The van der Waals surface area contributed by atoms with Crippen molar-refractivity contribution >= 4 is 17.0 Å². The Kier molecular flexibility index (Phi) is 8.08. The highest BCUT2D eigenvalue weighted by Crippen LogP contribution is 2.33. The number of benzene rings is 3. The standard InChI is InChI=1S/C24H27N.BrH/c25-20-24(23-14-8-3-9-15-23,18-16-21-10-4-1-5-11-21)19-17-22-12-6-2-7-13-22;/h1-15H,16-20,25H2;1H. The molecule has 0 amide bonds. The van der Waals surface area contributed by atoms with Crippen LogP contribution in [0.5, 0.6) is 0 Å². The molecule has 2 N–H and O–H groups in total. The molecule has 0 spiro atoms. The summed E-state index contributed by atoms with van der Waals surface area (Å²) < 4.78 is 0. The molecular weight excluding hydrogens is 382 g/mol. The molecule has 0 saturated carbocycles. The summed E-state index contributed by atoms with van der Waals surface area (Å²) in [5.41, 5.74) is 10.5. The first kappa shape index (κ1) is 20.4. The molecule has 3 aromatic rings. The van der Waals surface area contributed by atoms with Gasteiger partial charge in [0, 0.05) is 12.0 Å². The van der Waals surface area contributed by atoms with Gasteiger partial charge in [0.15, 0.2) is 0 Å². The predicted octanol–water partition coefficient (Wildman–Crippen LogP) is 5.73. The van der Waals surface area contributed by atoms with Gasteiger partial charge in [-0.1, -0.05) is 91.0 Å². The van der Waals surface area contributed by atoms with Crippen molar-refractivity contribution in [2.75, 3.05) is 6.54 Å². The SMILES string of the molecule is Br.NCC(CCc1ccccc1)(CCc1ccccc1)c1ccccc1. The topological polar surface area (TPSA) is 26.0 Å². The lowest BCUT2D eigenvalue weighted by atomic mass is 9.72. The highest BCUT2D eigenvalue weighted by atomic mass is 79.9. The van der Waals surface area contributed by atoms with Gasteiger partial charge >= 0.3 is 0 Å². The van der Waals surface area contributed by atoms with Gasteiger partial charge in [-0.25, -0.2) is 0 Å². The fourth-order valence-corrected chi connectivity index (χ4v) is 3.58. The van der Waals surface area contributed by atoms with Crippen LogP contribution in [0.4, 0.5) is 0 Å². The molecule has 3 aromatic carbocycles. The minimum Gasteiger partial charge on any atom is -0.330 e. The quantitative estimate of drug-likeness (QED) is 0.505. The van der Waals surface area contributed by atoms with E-state index in [1.54, 1.807) is 0 Å². The Morgan fingerprint density at radius 1 is 0.577 bits per heavy atom. The average molecular weight is 410 g/mol. The molecule has 26 heavy (non-hydrogen) atoms. The van der Waals surface area contributed by atoms with Crippen LogP contribution in [-0.4, -0.2) is 6.54 Å². The van der Waals surface area contributed by atoms with E-state index >= 15 is 0 Å². The number of rotatable bonds is 8. The Morgan fingerprint density at radius 2 is 0.962 bits per heavy atom. The van der Waals surface area contributed by atoms with Crippen LogP contribution in [0.15, 0.2) is 91.0 Å². The maximum absolute atomic E-state index is 6.37. The van der Waals surface area contributed by atoms with Crippen molar-refractivity contribution in [1.29, 1.82) is 0 Å². The van der Waals surface area contributed by atoms with Gasteiger partial charge in [0.25, 0.3) is 0 Å². The van der Waals surface area contributed by atoms with Gasteiger partial charge in [0.05, 0.1) is 0 Å². The summed E-state index contributed by atoms with van der Waals surface area (Å²) in [6, 6.07) is 32.3. The third-order valence-corrected chi connectivity index (χ3v) is 5.25. The monoisotopic (exact) mass is 409 g/mol. The van der Waals surface area contributed by atoms with Crippen molar-refractivity contribution in [3.8, 4) is 0 Å². The molecule has 0 aliphatic rings. The first-order chi connectivity index (χ1) is 12.3. The molecule has 0 fully saturated rings. The van der Waals surface area contributed by atoms with Crippen LogP contribution < -0.4 is 5.73 Å². The molecule has 136 valence electrons. The first-order valence-corrected chi connectivity index (χ1v) is 9.16. The van der Waals surface area contributed by atoms with Crippen LogP contribution in [0.25, 0.3) is 0 Å². The van der Waals surface area contributed by atoms with Crippen molar-refractivity contribution in [2.24, 2.45) is 5.73 Å². The van der Waals surface area contributed by atoms with E-state index in [9.17, 15) is 0 Å². The van der Waals surface area contributed by atoms with Gasteiger partial charge in [-0.3, -0.25) is 0 Å². The lowest BCUT2D eigenvalue weighted by molar-refractivity contribution is 0.373. The van der Waals surface area contributed by atoms with E-state index < -0.39 is 0 Å². The molecule has 0 bridgehead atoms. The molecule has 0 aliphatic carbocycles. The molecule has 1 nitrogen and oxygen atoms in total. The molecule has 0 saturated heterocycles. The summed E-state index contributed by atoms with van der Waals surface area (Å²) in [6.45, 7) is 0.677. The third kappa shape index (κ3) is 5.30. The summed E-state index contributed by atoms with van der Waals surface area (Å²) in [7, 11) is 0. The van der Waals surface area contributed by atoms with Crippen LogP contribution in [0.2, 0.25) is 0 Å². The van der Waals surface area contributed by atoms with Crippen molar-refractivity contribution in [1.82, 2.24) is 0 Å². The Hall–Kier alpha value is -1.90. The second kappa shape index (κ2) is 10.3. The maximum Gasteiger partial charge on any atom is 0.00818 e. The zero-order valence-corrected chi connectivity index (χ0v) is 16.9. The van der Waals surface area contributed by atoms with Crippen molar-refractivity contribution in [2.45, 2.75) is 31.1 Å². The second-order valence-corrected chi connectivity index (χ2v) is 6.82. The molecule has 0 radical (unpaired) electrons. The van der Waals surface area contributed by atoms with Crippen LogP contribution in [-0.2, 0) is 18.3 Å². The van der Waals surface area contributed by atoms with Crippen molar-refractivity contribution in [3.63, 3.8) is 0 Å². The highest BCUT2D eigenvalue weighted by Gasteiger charge is 2.30.